The number of hydrogen-bond acceptors (Lipinski definition) is 3. The SMILES string of the molecule is O=C(O)c1cc(-c2ccncc2)[nH]c1-c1ccncc1. The van der Waals surface area contributed by atoms with Gasteiger partial charge in [-0.1, -0.05) is 0 Å². The van der Waals surface area contributed by atoms with Crippen molar-refractivity contribution in [2.45, 2.75) is 0 Å². The first kappa shape index (κ1) is 12.1. The molecule has 0 bridgehead atoms. The molecule has 98 valence electrons. The number of carboxylic acid groups (broad SMARTS) is 1. The van der Waals surface area contributed by atoms with Gasteiger partial charge < -0.3 is 10.1 Å². The number of carboxylic acids is 1. The largest absolute Gasteiger partial charge is 0.478 e. The Kier molecular flexibility index (Phi) is 3.01. The molecule has 0 spiro atoms. The number of hydrogen-bond donors (Lipinski definition) is 2. The molecule has 5 nitrogen and oxygen atoms in total. The third kappa shape index (κ3) is 2.16. The summed E-state index contributed by atoms with van der Waals surface area (Å²) in [6.45, 7) is 0. The fourth-order valence-corrected chi connectivity index (χ4v) is 2.06. The summed E-state index contributed by atoms with van der Waals surface area (Å²) in [5.74, 6) is -0.964. The highest BCUT2D eigenvalue weighted by atomic mass is 16.4. The average Bonchev–Trinajstić information content (AvgIpc) is 2.94. The van der Waals surface area contributed by atoms with Crippen molar-refractivity contribution in [2.24, 2.45) is 0 Å². The van der Waals surface area contributed by atoms with Gasteiger partial charge in [0.25, 0.3) is 0 Å². The molecule has 3 heterocycles. The maximum atomic E-state index is 11.4. The molecule has 3 aromatic heterocycles. The molecule has 0 saturated carbocycles. The summed E-state index contributed by atoms with van der Waals surface area (Å²) in [4.78, 5) is 22.4. The Labute approximate surface area is 115 Å². The zero-order valence-electron chi connectivity index (χ0n) is 10.4. The van der Waals surface area contributed by atoms with Gasteiger partial charge in [0.2, 0.25) is 0 Å². The van der Waals surface area contributed by atoms with E-state index in [1.807, 2.05) is 12.1 Å². The van der Waals surface area contributed by atoms with Gasteiger partial charge in [-0.25, -0.2) is 4.79 Å². The number of carbonyl (C=O) groups is 1. The quantitative estimate of drug-likeness (QED) is 0.763. The van der Waals surface area contributed by atoms with Crippen LogP contribution in [0.3, 0.4) is 0 Å². The molecule has 5 heteroatoms. The number of H-pyrrole nitrogens is 1. The zero-order valence-corrected chi connectivity index (χ0v) is 10.4. The Morgan fingerprint density at radius 1 is 0.950 bits per heavy atom. The van der Waals surface area contributed by atoms with Crippen LogP contribution in [0.4, 0.5) is 0 Å². The van der Waals surface area contributed by atoms with Gasteiger partial charge in [-0.2, -0.15) is 0 Å². The molecule has 2 N–H and O–H groups in total. The van der Waals surface area contributed by atoms with Crippen LogP contribution >= 0.6 is 0 Å². The van der Waals surface area contributed by atoms with E-state index in [9.17, 15) is 9.90 Å². The van der Waals surface area contributed by atoms with Crippen LogP contribution in [0.15, 0.2) is 55.1 Å². The molecule has 0 unspecified atom stereocenters. The topological polar surface area (TPSA) is 78.9 Å². The van der Waals surface area contributed by atoms with E-state index in [2.05, 4.69) is 15.0 Å². The van der Waals surface area contributed by atoms with Gasteiger partial charge in [0.05, 0.1) is 11.3 Å². The summed E-state index contributed by atoms with van der Waals surface area (Å²) in [6, 6.07) is 8.83. The standard InChI is InChI=1S/C15H11N3O2/c19-15(20)12-9-13(10-1-5-16-6-2-10)18-14(12)11-3-7-17-8-4-11/h1-9,18H,(H,19,20). The first-order valence-electron chi connectivity index (χ1n) is 6.03. The summed E-state index contributed by atoms with van der Waals surface area (Å²) < 4.78 is 0. The Balaban J connectivity index is 2.15. The normalized spacial score (nSPS) is 10.4. The fraction of sp³-hybridized carbons (Fsp3) is 0. The molecule has 3 rings (SSSR count). The van der Waals surface area contributed by atoms with Crippen molar-refractivity contribution in [3.8, 4) is 22.5 Å². The van der Waals surface area contributed by atoms with Crippen LogP contribution in [0.2, 0.25) is 0 Å². The predicted octanol–water partition coefficient (Wildman–Crippen LogP) is 2.84. The monoisotopic (exact) mass is 265 g/mol. The lowest BCUT2D eigenvalue weighted by molar-refractivity contribution is 0.0698. The number of nitrogens with zero attached hydrogens (tertiary/aromatic N) is 2. The van der Waals surface area contributed by atoms with Gasteiger partial charge in [0.15, 0.2) is 0 Å². The highest BCUT2D eigenvalue weighted by molar-refractivity contribution is 5.97. The summed E-state index contributed by atoms with van der Waals surface area (Å²) in [5.41, 5.74) is 3.24. The highest BCUT2D eigenvalue weighted by Gasteiger charge is 2.16. The third-order valence-electron chi connectivity index (χ3n) is 3.01. The molecule has 3 aromatic rings. The third-order valence-corrected chi connectivity index (χ3v) is 3.01. The lowest BCUT2D eigenvalue weighted by atomic mass is 10.1. The van der Waals surface area contributed by atoms with Crippen molar-refractivity contribution in [2.75, 3.05) is 0 Å². The summed E-state index contributed by atoms with van der Waals surface area (Å²) in [6.07, 6.45) is 6.60. The predicted molar refractivity (Wildman–Crippen MR) is 74.2 cm³/mol. The molecule has 0 aliphatic carbocycles. The minimum absolute atomic E-state index is 0.239. The molecule has 0 aliphatic rings. The number of aromatic carboxylic acids is 1. The van der Waals surface area contributed by atoms with E-state index in [0.717, 1.165) is 16.8 Å². The number of pyridine rings is 2. The van der Waals surface area contributed by atoms with Crippen LogP contribution in [-0.4, -0.2) is 26.0 Å². The Morgan fingerprint density at radius 2 is 1.50 bits per heavy atom. The number of nitrogens with one attached hydrogen (secondary N) is 1. The summed E-state index contributed by atoms with van der Waals surface area (Å²) in [5, 5.41) is 9.34. The van der Waals surface area contributed by atoms with Crippen molar-refractivity contribution in [1.29, 1.82) is 0 Å². The molecule has 0 radical (unpaired) electrons. The molecule has 0 saturated heterocycles. The summed E-state index contributed by atoms with van der Waals surface area (Å²) in [7, 11) is 0. The van der Waals surface area contributed by atoms with Crippen LogP contribution < -0.4 is 0 Å². The minimum Gasteiger partial charge on any atom is -0.478 e. The molecule has 20 heavy (non-hydrogen) atoms. The van der Waals surface area contributed by atoms with E-state index < -0.39 is 5.97 Å². The van der Waals surface area contributed by atoms with Crippen LogP contribution in [-0.2, 0) is 0 Å². The summed E-state index contributed by atoms with van der Waals surface area (Å²) >= 11 is 0. The van der Waals surface area contributed by atoms with E-state index in [-0.39, 0.29) is 5.56 Å². The minimum atomic E-state index is -0.964. The first-order valence-corrected chi connectivity index (χ1v) is 6.03. The smallest absolute Gasteiger partial charge is 0.337 e. The van der Waals surface area contributed by atoms with Gasteiger partial charge in [-0.3, -0.25) is 9.97 Å². The van der Waals surface area contributed by atoms with E-state index in [1.54, 1.807) is 43.0 Å². The molecule has 0 fully saturated rings. The number of aromatic nitrogens is 3. The van der Waals surface area contributed by atoms with Crippen molar-refractivity contribution in [3.05, 3.63) is 60.7 Å². The van der Waals surface area contributed by atoms with E-state index in [4.69, 9.17) is 0 Å². The average molecular weight is 265 g/mol. The number of aromatic amines is 1. The van der Waals surface area contributed by atoms with Gasteiger partial charge in [0, 0.05) is 41.6 Å². The Bertz CT molecular complexity index is 736. The second-order valence-electron chi connectivity index (χ2n) is 4.25. The molecular weight excluding hydrogens is 254 g/mol. The molecule has 0 atom stereocenters. The lowest BCUT2D eigenvalue weighted by Crippen LogP contribution is -1.96. The highest BCUT2D eigenvalue weighted by Crippen LogP contribution is 2.28. The van der Waals surface area contributed by atoms with Crippen LogP contribution in [0.5, 0.6) is 0 Å². The van der Waals surface area contributed by atoms with Crippen LogP contribution in [0, 0.1) is 0 Å². The lowest BCUT2D eigenvalue weighted by Gasteiger charge is -2.00. The van der Waals surface area contributed by atoms with Crippen molar-refractivity contribution >= 4 is 5.97 Å². The van der Waals surface area contributed by atoms with Crippen molar-refractivity contribution in [3.63, 3.8) is 0 Å². The van der Waals surface area contributed by atoms with E-state index >= 15 is 0 Å². The van der Waals surface area contributed by atoms with Crippen molar-refractivity contribution in [1.82, 2.24) is 15.0 Å². The fourth-order valence-electron chi connectivity index (χ4n) is 2.06. The number of rotatable bonds is 3. The van der Waals surface area contributed by atoms with Gasteiger partial charge in [-0.15, -0.1) is 0 Å². The second kappa shape index (κ2) is 4.97. The van der Waals surface area contributed by atoms with Gasteiger partial charge >= 0.3 is 5.97 Å². The molecule has 0 amide bonds. The van der Waals surface area contributed by atoms with E-state index in [0.29, 0.717) is 5.69 Å². The Hall–Kier alpha value is -2.95. The van der Waals surface area contributed by atoms with Gasteiger partial charge in [-0.05, 0) is 30.3 Å². The van der Waals surface area contributed by atoms with Crippen LogP contribution in [0.1, 0.15) is 10.4 Å². The van der Waals surface area contributed by atoms with Crippen LogP contribution in [0.25, 0.3) is 22.5 Å². The van der Waals surface area contributed by atoms with Gasteiger partial charge in [0.1, 0.15) is 0 Å². The maximum absolute atomic E-state index is 11.4. The van der Waals surface area contributed by atoms with E-state index in [1.165, 1.54) is 0 Å². The zero-order chi connectivity index (χ0) is 13.9. The molecule has 0 aliphatic heterocycles. The Morgan fingerprint density at radius 3 is 2.05 bits per heavy atom. The molecule has 0 aromatic carbocycles. The first-order chi connectivity index (χ1) is 9.75. The van der Waals surface area contributed by atoms with Crippen molar-refractivity contribution < 1.29 is 9.90 Å². The maximum Gasteiger partial charge on any atom is 0.337 e. The molecular formula is C15H11N3O2. The second-order valence-corrected chi connectivity index (χ2v) is 4.25.